The van der Waals surface area contributed by atoms with Crippen LogP contribution in [0.15, 0.2) is 36.4 Å². The summed E-state index contributed by atoms with van der Waals surface area (Å²) in [6.45, 7) is 1.94. The van der Waals surface area contributed by atoms with Gasteiger partial charge in [0.15, 0.2) is 11.6 Å². The Labute approximate surface area is 187 Å². The van der Waals surface area contributed by atoms with Gasteiger partial charge in [-0.2, -0.15) is 13.2 Å². The Bertz CT molecular complexity index is 1080. The van der Waals surface area contributed by atoms with Crippen molar-refractivity contribution in [1.82, 2.24) is 0 Å². The van der Waals surface area contributed by atoms with E-state index in [2.05, 4.69) is 0 Å². The lowest BCUT2D eigenvalue weighted by atomic mass is 9.81. The third kappa shape index (κ3) is 3.33. The lowest BCUT2D eigenvalue weighted by Crippen LogP contribution is -2.29. The molecule has 168 valence electrons. The second-order valence-corrected chi connectivity index (χ2v) is 8.94. The number of rotatable bonds is 4. The fourth-order valence-corrected chi connectivity index (χ4v) is 5.66. The number of halogens is 4. The van der Waals surface area contributed by atoms with Crippen LogP contribution in [0.25, 0.3) is 0 Å². The first kappa shape index (κ1) is 21.5. The van der Waals surface area contributed by atoms with Crippen molar-refractivity contribution in [2.24, 2.45) is 11.8 Å². The Morgan fingerprint density at radius 3 is 2.16 bits per heavy atom. The number of hydrogen-bond acceptors (Lipinski definition) is 4. The van der Waals surface area contributed by atoms with Crippen LogP contribution in [0.3, 0.4) is 0 Å². The predicted molar refractivity (Wildman–Crippen MR) is 110 cm³/mol. The first-order valence-electron chi connectivity index (χ1n) is 10.6. The van der Waals surface area contributed by atoms with E-state index in [9.17, 15) is 22.8 Å². The predicted octanol–water partition coefficient (Wildman–Crippen LogP) is 5.74. The van der Waals surface area contributed by atoms with E-state index in [1.807, 2.05) is 6.92 Å². The molecular formula is C24H20ClF3O4. The van der Waals surface area contributed by atoms with Crippen LogP contribution < -0.4 is 4.74 Å². The number of alkyl halides is 3. The van der Waals surface area contributed by atoms with Gasteiger partial charge in [-0.25, -0.2) is 0 Å². The van der Waals surface area contributed by atoms with E-state index < -0.39 is 22.7 Å². The van der Waals surface area contributed by atoms with Gasteiger partial charge >= 0.3 is 6.18 Å². The Morgan fingerprint density at radius 1 is 1.00 bits per heavy atom. The first-order chi connectivity index (χ1) is 15.2. The van der Waals surface area contributed by atoms with Gasteiger partial charge < -0.3 is 9.47 Å². The molecule has 4 nitrogen and oxygen atoms in total. The maximum atomic E-state index is 13.2. The maximum absolute atomic E-state index is 13.2. The summed E-state index contributed by atoms with van der Waals surface area (Å²) in [5.74, 6) is -1.36. The molecule has 0 radical (unpaired) electrons. The molecule has 1 unspecified atom stereocenters. The quantitative estimate of drug-likeness (QED) is 0.541. The van der Waals surface area contributed by atoms with Crippen LogP contribution in [0.2, 0.25) is 5.02 Å². The Morgan fingerprint density at radius 2 is 1.59 bits per heavy atom. The summed E-state index contributed by atoms with van der Waals surface area (Å²) in [4.78, 5) is 26.5. The number of fused-ring (bicyclic) bond motifs is 5. The zero-order valence-electron chi connectivity index (χ0n) is 17.1. The van der Waals surface area contributed by atoms with Crippen molar-refractivity contribution in [3.8, 4) is 11.5 Å². The van der Waals surface area contributed by atoms with Crippen LogP contribution in [-0.4, -0.2) is 23.8 Å². The highest BCUT2D eigenvalue weighted by atomic mass is 35.5. The molecule has 0 spiro atoms. The maximum Gasteiger partial charge on any atom is 0.417 e. The molecule has 2 bridgehead atoms. The summed E-state index contributed by atoms with van der Waals surface area (Å²) in [5, 5.41) is -0.468. The standard InChI is InChI=1S/C24H20ClF3O4/c1-2-11-3-4-12(31-13-5-6-15(16(25)10-13)24(26,27)28)9-14(11)19-22(29)20-17-7-8-18(32-17)21(20)23(19)30/h3-6,9-10,17-21H,2,7-8H2,1H3/t17-,18+,19?,20-,21+. The van der Waals surface area contributed by atoms with Crippen molar-refractivity contribution in [2.45, 2.75) is 50.5 Å². The average Bonchev–Trinajstić information content (AvgIpc) is 3.41. The van der Waals surface area contributed by atoms with Crippen LogP contribution >= 0.6 is 11.6 Å². The Balaban J connectivity index is 1.46. The zero-order valence-corrected chi connectivity index (χ0v) is 17.9. The van der Waals surface area contributed by atoms with E-state index in [1.54, 1.807) is 18.2 Å². The third-order valence-electron chi connectivity index (χ3n) is 6.79. The summed E-state index contributed by atoms with van der Waals surface area (Å²) >= 11 is 5.79. The largest absolute Gasteiger partial charge is 0.457 e. The number of carbonyl (C=O) groups excluding carboxylic acids is 2. The minimum absolute atomic E-state index is 0.100. The van der Waals surface area contributed by atoms with Crippen molar-refractivity contribution in [3.63, 3.8) is 0 Å². The molecule has 0 amide bonds. The van der Waals surface area contributed by atoms with Gasteiger partial charge in [0.1, 0.15) is 17.4 Å². The van der Waals surface area contributed by atoms with Crippen LogP contribution in [0.4, 0.5) is 13.2 Å². The fourth-order valence-electron chi connectivity index (χ4n) is 5.38. The van der Waals surface area contributed by atoms with Crippen LogP contribution in [0.1, 0.15) is 42.4 Å². The molecule has 2 saturated heterocycles. The number of benzene rings is 2. The van der Waals surface area contributed by atoms with Gasteiger partial charge in [0.05, 0.1) is 34.6 Å². The molecule has 1 aliphatic carbocycles. The van der Waals surface area contributed by atoms with Crippen molar-refractivity contribution >= 4 is 23.2 Å². The van der Waals surface area contributed by atoms with Crippen LogP contribution in [-0.2, 0) is 26.9 Å². The molecule has 3 aliphatic rings. The molecule has 2 aliphatic heterocycles. The lowest BCUT2D eigenvalue weighted by Gasteiger charge is -2.17. The molecule has 5 rings (SSSR count). The summed E-state index contributed by atoms with van der Waals surface area (Å²) in [5.41, 5.74) is 0.522. The van der Waals surface area contributed by atoms with Gasteiger partial charge in [0.2, 0.25) is 0 Å². The van der Waals surface area contributed by atoms with Gasteiger partial charge in [-0.15, -0.1) is 0 Å². The molecule has 0 aromatic heterocycles. The van der Waals surface area contributed by atoms with E-state index in [0.717, 1.165) is 30.5 Å². The van der Waals surface area contributed by atoms with Gasteiger partial charge in [0, 0.05) is 6.07 Å². The molecule has 3 fully saturated rings. The number of ketones is 2. The topological polar surface area (TPSA) is 52.6 Å². The first-order valence-corrected chi connectivity index (χ1v) is 11.0. The van der Waals surface area contributed by atoms with Crippen molar-refractivity contribution < 1.29 is 32.2 Å². The van der Waals surface area contributed by atoms with Crippen molar-refractivity contribution in [3.05, 3.63) is 58.1 Å². The second-order valence-electron chi connectivity index (χ2n) is 8.54. The third-order valence-corrected chi connectivity index (χ3v) is 7.10. The summed E-state index contributed by atoms with van der Waals surface area (Å²) in [7, 11) is 0. The monoisotopic (exact) mass is 464 g/mol. The summed E-state index contributed by atoms with van der Waals surface area (Å²) in [6.07, 6.45) is -2.69. The highest BCUT2D eigenvalue weighted by Crippen LogP contribution is 2.53. The molecule has 5 atom stereocenters. The molecule has 2 aromatic carbocycles. The van der Waals surface area contributed by atoms with E-state index in [0.29, 0.717) is 17.7 Å². The molecular weight excluding hydrogens is 445 g/mol. The smallest absolute Gasteiger partial charge is 0.417 e. The molecule has 2 heterocycles. The molecule has 1 saturated carbocycles. The molecule has 0 N–H and O–H groups in total. The number of aryl methyl sites for hydroxylation is 1. The number of carbonyl (C=O) groups is 2. The molecule has 2 aromatic rings. The highest BCUT2D eigenvalue weighted by Gasteiger charge is 2.63. The van der Waals surface area contributed by atoms with Crippen LogP contribution in [0.5, 0.6) is 11.5 Å². The van der Waals surface area contributed by atoms with E-state index in [1.165, 1.54) is 6.07 Å². The van der Waals surface area contributed by atoms with Gasteiger partial charge in [0.25, 0.3) is 0 Å². The minimum atomic E-state index is -4.56. The number of hydrogen-bond donors (Lipinski definition) is 0. The highest BCUT2D eigenvalue weighted by molar-refractivity contribution is 6.31. The normalized spacial score (nSPS) is 29.0. The SMILES string of the molecule is CCc1ccc(Oc2ccc(C(F)(F)F)c(Cl)c2)cc1C1C(=O)[C@@H]2[C@H](C1=O)[C@H]1CC[C@@H]2O1. The Kier molecular flexibility index (Phi) is 5.09. The van der Waals surface area contributed by atoms with Gasteiger partial charge in [-0.3, -0.25) is 9.59 Å². The Hall–Kier alpha value is -2.38. The van der Waals surface area contributed by atoms with Gasteiger partial charge in [-0.05, 0) is 54.7 Å². The van der Waals surface area contributed by atoms with E-state index in [-0.39, 0.29) is 41.4 Å². The number of Topliss-reactive ketones (excluding diaryl/α,β-unsaturated/α-hetero) is 2. The van der Waals surface area contributed by atoms with Crippen molar-refractivity contribution in [2.75, 3.05) is 0 Å². The fraction of sp³-hybridized carbons (Fsp3) is 0.417. The van der Waals surface area contributed by atoms with E-state index in [4.69, 9.17) is 21.1 Å². The number of ether oxygens (including phenoxy) is 2. The van der Waals surface area contributed by atoms with Gasteiger partial charge in [-0.1, -0.05) is 24.6 Å². The molecule has 32 heavy (non-hydrogen) atoms. The zero-order chi connectivity index (χ0) is 22.8. The summed E-state index contributed by atoms with van der Waals surface area (Å²) < 4.78 is 50.4. The van der Waals surface area contributed by atoms with Crippen LogP contribution in [0, 0.1) is 11.8 Å². The second kappa shape index (κ2) is 7.59. The molecule has 8 heteroatoms. The lowest BCUT2D eigenvalue weighted by molar-refractivity contribution is -0.137. The van der Waals surface area contributed by atoms with E-state index >= 15 is 0 Å². The van der Waals surface area contributed by atoms with Crippen molar-refractivity contribution in [1.29, 1.82) is 0 Å². The summed E-state index contributed by atoms with van der Waals surface area (Å²) in [6, 6.07) is 8.26. The average molecular weight is 465 g/mol. The minimum Gasteiger partial charge on any atom is -0.457 e.